The molecule has 42 valence electrons. The molecule has 0 N–H and O–H groups in total. The molecule has 8 heavy (non-hydrogen) atoms. The number of allylic oxidation sites excluding steroid dienone is 1. The van der Waals surface area contributed by atoms with Crippen LogP contribution >= 0.6 is 0 Å². The van der Waals surface area contributed by atoms with Crippen molar-refractivity contribution in [1.29, 1.82) is 0 Å². The quantitative estimate of drug-likeness (QED) is 0.304. The van der Waals surface area contributed by atoms with Crippen LogP contribution in [0.5, 0.6) is 0 Å². The summed E-state index contributed by atoms with van der Waals surface area (Å²) in [6, 6.07) is 0. The van der Waals surface area contributed by atoms with Crippen molar-refractivity contribution < 1.29 is 0 Å². The molecular weight excluding hydrogens is 106 g/mol. The van der Waals surface area contributed by atoms with Gasteiger partial charge in [0.25, 0.3) is 0 Å². The van der Waals surface area contributed by atoms with Gasteiger partial charge in [-0.1, -0.05) is 6.58 Å². The Morgan fingerprint density at radius 3 is 2.62 bits per heavy atom. The van der Waals surface area contributed by atoms with Gasteiger partial charge in [0.1, 0.15) is 5.70 Å². The summed E-state index contributed by atoms with van der Waals surface area (Å²) in [5.41, 5.74) is 0.0393. The third kappa shape index (κ3) is 2.89. The number of hydrogen-bond acceptors (Lipinski definition) is 4. The smallest absolute Gasteiger partial charge is 0.120 e. The SMILES string of the molecule is C=NN=CC(=C)N=O. The van der Waals surface area contributed by atoms with Crippen molar-refractivity contribution >= 4 is 12.9 Å². The number of nitroso groups, excluding NO2 is 1. The lowest BCUT2D eigenvalue weighted by Gasteiger charge is -1.74. The van der Waals surface area contributed by atoms with Crippen LogP contribution in [0.3, 0.4) is 0 Å². The fourth-order valence-corrected chi connectivity index (χ4v) is 0.131. The number of rotatable bonds is 3. The fraction of sp³-hybridized carbons (Fsp3) is 0. The van der Waals surface area contributed by atoms with Crippen molar-refractivity contribution in [1.82, 2.24) is 0 Å². The predicted octanol–water partition coefficient (Wildman–Crippen LogP) is 0.953. The highest BCUT2D eigenvalue weighted by atomic mass is 16.3. The van der Waals surface area contributed by atoms with E-state index in [0.717, 1.165) is 6.21 Å². The van der Waals surface area contributed by atoms with Crippen LogP contribution in [-0.4, -0.2) is 12.9 Å². The number of hydrogen-bond donors (Lipinski definition) is 0. The van der Waals surface area contributed by atoms with E-state index in [0.29, 0.717) is 0 Å². The maximum atomic E-state index is 9.51. The Labute approximate surface area is 46.6 Å². The maximum Gasteiger partial charge on any atom is 0.120 e. The normalized spacial score (nSPS) is 9.00. The molecule has 0 atom stereocenters. The van der Waals surface area contributed by atoms with Crippen LogP contribution in [0, 0.1) is 4.91 Å². The van der Waals surface area contributed by atoms with Crippen LogP contribution < -0.4 is 0 Å². The summed E-state index contributed by atoms with van der Waals surface area (Å²) in [7, 11) is 0. The molecule has 0 spiro atoms. The van der Waals surface area contributed by atoms with Crippen molar-refractivity contribution in [3.8, 4) is 0 Å². The zero-order chi connectivity index (χ0) is 6.41. The van der Waals surface area contributed by atoms with Gasteiger partial charge in [0.05, 0.1) is 6.21 Å². The van der Waals surface area contributed by atoms with Crippen molar-refractivity contribution in [2.24, 2.45) is 15.4 Å². The van der Waals surface area contributed by atoms with Gasteiger partial charge >= 0.3 is 0 Å². The standard InChI is InChI=1S/C4H5N3O/c1-4(7-8)3-6-5-2/h3H,1-2H2. The Kier molecular flexibility index (Phi) is 3.22. The molecule has 4 nitrogen and oxygen atoms in total. The molecule has 0 aliphatic carbocycles. The Hall–Kier alpha value is -1.32. The van der Waals surface area contributed by atoms with Crippen LogP contribution in [-0.2, 0) is 0 Å². The van der Waals surface area contributed by atoms with Crippen molar-refractivity contribution in [2.75, 3.05) is 0 Å². The van der Waals surface area contributed by atoms with E-state index in [9.17, 15) is 4.91 Å². The molecule has 0 unspecified atom stereocenters. The van der Waals surface area contributed by atoms with Gasteiger partial charge in [-0.2, -0.15) is 10.2 Å². The molecule has 0 bridgehead atoms. The molecule has 0 aromatic heterocycles. The summed E-state index contributed by atoms with van der Waals surface area (Å²) in [4.78, 5) is 9.51. The van der Waals surface area contributed by atoms with Crippen LogP contribution in [0.1, 0.15) is 0 Å². The highest BCUT2D eigenvalue weighted by molar-refractivity contribution is 5.76. The molecule has 0 saturated heterocycles. The first kappa shape index (κ1) is 6.68. The zero-order valence-corrected chi connectivity index (χ0v) is 4.24. The summed E-state index contributed by atoms with van der Waals surface area (Å²) in [6.07, 6.45) is 1.12. The zero-order valence-electron chi connectivity index (χ0n) is 4.24. The fourth-order valence-electron chi connectivity index (χ4n) is 0.131. The monoisotopic (exact) mass is 111 g/mol. The third-order valence-electron chi connectivity index (χ3n) is 0.406. The molecule has 0 rings (SSSR count). The predicted molar refractivity (Wildman–Crippen MR) is 33.0 cm³/mol. The van der Waals surface area contributed by atoms with E-state index in [1.54, 1.807) is 0 Å². The average molecular weight is 111 g/mol. The van der Waals surface area contributed by atoms with Gasteiger partial charge in [0.2, 0.25) is 0 Å². The topological polar surface area (TPSA) is 54.1 Å². The molecule has 0 aliphatic rings. The largest absolute Gasteiger partial charge is 0.167 e. The van der Waals surface area contributed by atoms with E-state index < -0.39 is 0 Å². The van der Waals surface area contributed by atoms with E-state index in [1.807, 2.05) is 0 Å². The molecule has 0 heterocycles. The summed E-state index contributed by atoms with van der Waals surface area (Å²) < 4.78 is 0. The molecule has 0 amide bonds. The highest BCUT2D eigenvalue weighted by Gasteiger charge is 1.79. The van der Waals surface area contributed by atoms with Crippen LogP contribution in [0.2, 0.25) is 0 Å². The first-order valence-corrected chi connectivity index (χ1v) is 1.82. The summed E-state index contributed by atoms with van der Waals surface area (Å²) in [6.45, 7) is 6.23. The lowest BCUT2D eigenvalue weighted by atomic mass is 10.6. The molecule has 0 aromatic rings. The highest BCUT2D eigenvalue weighted by Crippen LogP contribution is 1.83. The summed E-state index contributed by atoms with van der Waals surface area (Å²) in [5, 5.41) is 8.77. The van der Waals surface area contributed by atoms with Gasteiger partial charge in [0.15, 0.2) is 0 Å². The second-order valence-corrected chi connectivity index (χ2v) is 0.969. The van der Waals surface area contributed by atoms with Gasteiger partial charge in [0, 0.05) is 6.72 Å². The van der Waals surface area contributed by atoms with Crippen molar-refractivity contribution in [3.63, 3.8) is 0 Å². The molecule has 0 aliphatic heterocycles. The van der Waals surface area contributed by atoms with E-state index in [2.05, 4.69) is 28.7 Å². The molecular formula is C4H5N3O. The van der Waals surface area contributed by atoms with Gasteiger partial charge in [-0.25, -0.2) is 0 Å². The minimum absolute atomic E-state index is 0.0393. The first-order chi connectivity index (χ1) is 3.81. The molecule has 0 aromatic carbocycles. The average Bonchev–Trinajstić information content (AvgIpc) is 1.83. The van der Waals surface area contributed by atoms with E-state index in [1.165, 1.54) is 0 Å². The summed E-state index contributed by atoms with van der Waals surface area (Å²) >= 11 is 0. The van der Waals surface area contributed by atoms with E-state index >= 15 is 0 Å². The third-order valence-corrected chi connectivity index (χ3v) is 0.406. The van der Waals surface area contributed by atoms with Gasteiger partial charge in [-0.05, 0) is 5.18 Å². The Balaban J connectivity index is 3.69. The second kappa shape index (κ2) is 3.86. The second-order valence-electron chi connectivity index (χ2n) is 0.969. The Morgan fingerprint density at radius 2 is 2.25 bits per heavy atom. The Morgan fingerprint density at radius 1 is 1.62 bits per heavy atom. The number of nitrogens with zero attached hydrogens (tertiary/aromatic N) is 3. The summed E-state index contributed by atoms with van der Waals surface area (Å²) in [5.74, 6) is 0. The minimum atomic E-state index is 0.0393. The molecule has 0 radical (unpaired) electrons. The molecule has 0 saturated carbocycles. The molecule has 0 fully saturated rings. The first-order valence-electron chi connectivity index (χ1n) is 1.82. The lowest BCUT2D eigenvalue weighted by molar-refractivity contribution is 1.27. The van der Waals surface area contributed by atoms with Crippen LogP contribution in [0.15, 0.2) is 27.7 Å². The van der Waals surface area contributed by atoms with Gasteiger partial charge in [-0.3, -0.25) is 0 Å². The minimum Gasteiger partial charge on any atom is -0.167 e. The maximum absolute atomic E-state index is 9.51. The van der Waals surface area contributed by atoms with Gasteiger partial charge in [-0.15, -0.1) is 4.91 Å². The Bertz CT molecular complexity index is 138. The molecule has 4 heteroatoms. The van der Waals surface area contributed by atoms with Crippen LogP contribution in [0.25, 0.3) is 0 Å². The van der Waals surface area contributed by atoms with E-state index in [-0.39, 0.29) is 5.70 Å². The van der Waals surface area contributed by atoms with E-state index in [4.69, 9.17) is 0 Å². The van der Waals surface area contributed by atoms with Crippen LogP contribution in [0.4, 0.5) is 0 Å². The van der Waals surface area contributed by atoms with Gasteiger partial charge < -0.3 is 0 Å². The lowest BCUT2D eigenvalue weighted by Crippen LogP contribution is -1.71. The van der Waals surface area contributed by atoms with Crippen molar-refractivity contribution in [3.05, 3.63) is 17.2 Å². The van der Waals surface area contributed by atoms with Crippen molar-refractivity contribution in [2.45, 2.75) is 0 Å².